The van der Waals surface area contributed by atoms with Crippen LogP contribution in [0.2, 0.25) is 0 Å². The van der Waals surface area contributed by atoms with Gasteiger partial charge in [-0.1, -0.05) is 26.0 Å². The minimum absolute atomic E-state index is 0.0668. The molecule has 6 heteroatoms. The number of amides is 2. The Labute approximate surface area is 132 Å². The number of non-ortho nitro benzene ring substituents is 1. The Morgan fingerprint density at radius 1 is 0.957 bits per heavy atom. The first kappa shape index (κ1) is 14.9. The standard InChI is InChI=1S/C17H14N2O4/c1-10(2)11-3-5-12(6-4-11)18-16(20)14-8-7-13(19(22)23)9-15(14)17(18)21/h3-10H,1-2H3. The lowest BCUT2D eigenvalue weighted by molar-refractivity contribution is -0.384. The molecule has 6 nitrogen and oxygen atoms in total. The molecule has 2 aromatic rings. The molecule has 116 valence electrons. The molecular formula is C17H14N2O4. The molecule has 0 bridgehead atoms. The van der Waals surface area contributed by atoms with Crippen molar-refractivity contribution in [1.82, 2.24) is 0 Å². The van der Waals surface area contributed by atoms with E-state index in [1.807, 2.05) is 12.1 Å². The maximum absolute atomic E-state index is 12.5. The van der Waals surface area contributed by atoms with Crippen molar-refractivity contribution in [2.45, 2.75) is 19.8 Å². The Morgan fingerprint density at radius 3 is 2.13 bits per heavy atom. The van der Waals surface area contributed by atoms with Crippen LogP contribution >= 0.6 is 0 Å². The van der Waals surface area contributed by atoms with Gasteiger partial charge in [-0.2, -0.15) is 0 Å². The Balaban J connectivity index is 2.01. The van der Waals surface area contributed by atoms with Gasteiger partial charge >= 0.3 is 0 Å². The van der Waals surface area contributed by atoms with Crippen LogP contribution in [-0.4, -0.2) is 16.7 Å². The Kier molecular flexibility index (Phi) is 3.44. The quantitative estimate of drug-likeness (QED) is 0.493. The number of imide groups is 1. The summed E-state index contributed by atoms with van der Waals surface area (Å²) in [7, 11) is 0. The summed E-state index contributed by atoms with van der Waals surface area (Å²) in [6.45, 7) is 4.10. The fraction of sp³-hybridized carbons (Fsp3) is 0.176. The van der Waals surface area contributed by atoms with Gasteiger partial charge < -0.3 is 0 Å². The maximum Gasteiger partial charge on any atom is 0.270 e. The molecule has 0 fully saturated rings. The lowest BCUT2D eigenvalue weighted by Gasteiger charge is -2.15. The summed E-state index contributed by atoms with van der Waals surface area (Å²) in [5.41, 5.74) is 1.61. The SMILES string of the molecule is CC(C)c1ccc(N2C(=O)c3ccc([N+](=O)[O-])cc3C2=O)cc1. The molecule has 0 atom stereocenters. The maximum atomic E-state index is 12.5. The first-order valence-corrected chi connectivity index (χ1v) is 7.17. The van der Waals surface area contributed by atoms with Crippen LogP contribution in [0.5, 0.6) is 0 Å². The third kappa shape index (κ3) is 2.38. The molecular weight excluding hydrogens is 296 g/mol. The van der Waals surface area contributed by atoms with Gasteiger partial charge in [0.15, 0.2) is 0 Å². The van der Waals surface area contributed by atoms with Crippen LogP contribution in [0, 0.1) is 10.1 Å². The molecule has 23 heavy (non-hydrogen) atoms. The number of nitro groups is 1. The van der Waals surface area contributed by atoms with Crippen LogP contribution < -0.4 is 4.90 Å². The first-order chi connectivity index (χ1) is 10.9. The van der Waals surface area contributed by atoms with Crippen LogP contribution in [0.25, 0.3) is 0 Å². The average Bonchev–Trinajstić information content (AvgIpc) is 2.78. The van der Waals surface area contributed by atoms with E-state index in [-0.39, 0.29) is 16.8 Å². The fourth-order valence-electron chi connectivity index (χ4n) is 2.59. The van der Waals surface area contributed by atoms with Gasteiger partial charge in [-0.3, -0.25) is 19.7 Å². The molecule has 2 amide bonds. The number of anilines is 1. The highest BCUT2D eigenvalue weighted by atomic mass is 16.6. The van der Waals surface area contributed by atoms with Gasteiger partial charge in [0.05, 0.1) is 21.7 Å². The summed E-state index contributed by atoms with van der Waals surface area (Å²) in [4.78, 5) is 36.2. The number of hydrogen-bond donors (Lipinski definition) is 0. The third-order valence-corrected chi connectivity index (χ3v) is 3.90. The molecule has 3 rings (SSSR count). The summed E-state index contributed by atoms with van der Waals surface area (Å²) in [6, 6.07) is 10.9. The summed E-state index contributed by atoms with van der Waals surface area (Å²) in [5, 5.41) is 10.8. The van der Waals surface area contributed by atoms with Crippen molar-refractivity contribution in [2.24, 2.45) is 0 Å². The zero-order valence-electron chi connectivity index (χ0n) is 12.6. The van der Waals surface area contributed by atoms with E-state index in [0.29, 0.717) is 11.6 Å². The number of carbonyl (C=O) groups excluding carboxylic acids is 2. The molecule has 0 aromatic heterocycles. The van der Waals surface area contributed by atoms with E-state index in [1.165, 1.54) is 12.1 Å². The predicted octanol–water partition coefficient (Wildman–Crippen LogP) is 3.52. The number of nitrogens with zero attached hydrogens (tertiary/aromatic N) is 2. The highest BCUT2D eigenvalue weighted by molar-refractivity contribution is 6.34. The van der Waals surface area contributed by atoms with E-state index in [4.69, 9.17) is 0 Å². The Morgan fingerprint density at radius 2 is 1.57 bits per heavy atom. The van der Waals surface area contributed by atoms with Crippen LogP contribution in [0.3, 0.4) is 0 Å². The van der Waals surface area contributed by atoms with E-state index in [0.717, 1.165) is 16.5 Å². The largest absolute Gasteiger partial charge is 0.270 e. The van der Waals surface area contributed by atoms with Crippen molar-refractivity contribution in [3.05, 3.63) is 69.3 Å². The lowest BCUT2D eigenvalue weighted by Crippen LogP contribution is -2.29. The summed E-state index contributed by atoms with van der Waals surface area (Å²) in [5.74, 6) is -0.655. The summed E-state index contributed by atoms with van der Waals surface area (Å²) >= 11 is 0. The van der Waals surface area contributed by atoms with Gasteiger partial charge in [0.25, 0.3) is 17.5 Å². The van der Waals surface area contributed by atoms with E-state index in [2.05, 4.69) is 13.8 Å². The van der Waals surface area contributed by atoms with Crippen LogP contribution in [0.15, 0.2) is 42.5 Å². The molecule has 0 unspecified atom stereocenters. The van der Waals surface area contributed by atoms with E-state index >= 15 is 0 Å². The zero-order valence-corrected chi connectivity index (χ0v) is 12.6. The number of rotatable bonds is 3. The fourth-order valence-corrected chi connectivity index (χ4v) is 2.59. The van der Waals surface area contributed by atoms with Crippen molar-refractivity contribution in [1.29, 1.82) is 0 Å². The van der Waals surface area contributed by atoms with Gasteiger partial charge in [-0.25, -0.2) is 4.90 Å². The Hall–Kier alpha value is -3.02. The molecule has 0 radical (unpaired) electrons. The average molecular weight is 310 g/mol. The highest BCUT2D eigenvalue weighted by Crippen LogP contribution is 2.31. The van der Waals surface area contributed by atoms with Gasteiger partial charge in [-0.05, 0) is 29.7 Å². The number of benzene rings is 2. The normalized spacial score (nSPS) is 13.6. The van der Waals surface area contributed by atoms with E-state index in [1.54, 1.807) is 12.1 Å². The molecule has 1 aliphatic heterocycles. The van der Waals surface area contributed by atoms with Crippen molar-refractivity contribution in [2.75, 3.05) is 4.90 Å². The summed E-state index contributed by atoms with van der Waals surface area (Å²) in [6.07, 6.45) is 0. The second-order valence-electron chi connectivity index (χ2n) is 5.68. The molecule has 0 aliphatic carbocycles. The van der Waals surface area contributed by atoms with Gasteiger partial charge in [0, 0.05) is 12.1 Å². The first-order valence-electron chi connectivity index (χ1n) is 7.17. The molecule has 2 aromatic carbocycles. The highest BCUT2D eigenvalue weighted by Gasteiger charge is 2.37. The van der Waals surface area contributed by atoms with Gasteiger partial charge in [-0.15, -0.1) is 0 Å². The monoisotopic (exact) mass is 310 g/mol. The van der Waals surface area contributed by atoms with Gasteiger partial charge in [0.2, 0.25) is 0 Å². The second-order valence-corrected chi connectivity index (χ2v) is 5.68. The lowest BCUT2D eigenvalue weighted by atomic mass is 10.0. The number of hydrogen-bond acceptors (Lipinski definition) is 4. The van der Waals surface area contributed by atoms with Crippen molar-refractivity contribution in [3.63, 3.8) is 0 Å². The third-order valence-electron chi connectivity index (χ3n) is 3.90. The molecule has 0 spiro atoms. The second kappa shape index (κ2) is 5.31. The topological polar surface area (TPSA) is 80.5 Å². The molecule has 0 N–H and O–H groups in total. The molecule has 0 saturated carbocycles. The van der Waals surface area contributed by atoms with Gasteiger partial charge in [0.1, 0.15) is 0 Å². The predicted molar refractivity (Wildman–Crippen MR) is 84.8 cm³/mol. The van der Waals surface area contributed by atoms with Crippen molar-refractivity contribution in [3.8, 4) is 0 Å². The number of carbonyl (C=O) groups is 2. The minimum Gasteiger partial charge on any atom is -0.268 e. The van der Waals surface area contributed by atoms with E-state index in [9.17, 15) is 19.7 Å². The van der Waals surface area contributed by atoms with Crippen LogP contribution in [-0.2, 0) is 0 Å². The number of fused-ring (bicyclic) bond motifs is 1. The van der Waals surface area contributed by atoms with Crippen LogP contribution in [0.4, 0.5) is 11.4 Å². The molecule has 1 heterocycles. The summed E-state index contributed by atoms with van der Waals surface area (Å²) < 4.78 is 0. The van der Waals surface area contributed by atoms with Crippen LogP contribution in [0.1, 0.15) is 46.0 Å². The van der Waals surface area contributed by atoms with Crippen molar-refractivity contribution < 1.29 is 14.5 Å². The Bertz CT molecular complexity index is 825. The zero-order chi connectivity index (χ0) is 16.7. The number of nitro benzene ring substituents is 1. The smallest absolute Gasteiger partial charge is 0.268 e. The molecule has 0 saturated heterocycles. The van der Waals surface area contributed by atoms with E-state index < -0.39 is 16.7 Å². The molecule has 1 aliphatic rings. The minimum atomic E-state index is -0.585. The van der Waals surface area contributed by atoms with Crippen molar-refractivity contribution >= 4 is 23.2 Å².